The summed E-state index contributed by atoms with van der Waals surface area (Å²) < 4.78 is 16.2. The number of rotatable bonds is 9. The maximum atomic E-state index is 12.0. The van der Waals surface area contributed by atoms with Crippen LogP contribution in [0.2, 0.25) is 0 Å². The number of amides is 1. The van der Waals surface area contributed by atoms with Crippen LogP contribution < -0.4 is 14.8 Å². The fourth-order valence-corrected chi connectivity index (χ4v) is 3.62. The van der Waals surface area contributed by atoms with Gasteiger partial charge in [-0.1, -0.05) is 23.4 Å². The zero-order chi connectivity index (χ0) is 19.8. The molecule has 1 N–H and O–H groups in total. The van der Waals surface area contributed by atoms with E-state index >= 15 is 0 Å². The number of aromatic nitrogens is 2. The maximum Gasteiger partial charge on any atom is 0.277 e. The van der Waals surface area contributed by atoms with E-state index in [-0.39, 0.29) is 11.7 Å². The minimum atomic E-state index is -0.0349. The van der Waals surface area contributed by atoms with Crippen molar-refractivity contribution < 1.29 is 18.7 Å². The fraction of sp³-hybridized carbons (Fsp3) is 0.450. The maximum absolute atomic E-state index is 12.0. The summed E-state index contributed by atoms with van der Waals surface area (Å²) in [5.41, 5.74) is 2.18. The summed E-state index contributed by atoms with van der Waals surface area (Å²) in [6.45, 7) is 0.673. The zero-order valence-electron chi connectivity index (χ0n) is 16.2. The van der Waals surface area contributed by atoms with E-state index in [1.54, 1.807) is 26.4 Å². The van der Waals surface area contributed by atoms with Crippen LogP contribution in [-0.2, 0) is 4.79 Å². The van der Waals surface area contributed by atoms with Crippen molar-refractivity contribution in [1.82, 2.24) is 15.5 Å². The van der Waals surface area contributed by atoms with E-state index in [0.717, 1.165) is 18.4 Å². The molecule has 0 unspecified atom stereocenters. The fourth-order valence-electron chi connectivity index (χ4n) is 3.03. The molecule has 28 heavy (non-hydrogen) atoms. The van der Waals surface area contributed by atoms with E-state index in [2.05, 4.69) is 21.6 Å². The molecule has 0 aliphatic heterocycles. The SMILES string of the molecule is COc1ccc(-c2nnc(SCC(=O)NCCC3=CCCCC3)o2)cc1OC. The number of ether oxygens (including phenoxy) is 2. The molecule has 0 atom stereocenters. The summed E-state index contributed by atoms with van der Waals surface area (Å²) in [5.74, 6) is 1.79. The van der Waals surface area contributed by atoms with Crippen LogP contribution in [0.1, 0.15) is 32.1 Å². The summed E-state index contributed by atoms with van der Waals surface area (Å²) in [7, 11) is 3.15. The van der Waals surface area contributed by atoms with Crippen LogP contribution in [0.4, 0.5) is 0 Å². The second-order valence-electron chi connectivity index (χ2n) is 6.44. The van der Waals surface area contributed by atoms with Crippen LogP contribution in [0, 0.1) is 0 Å². The van der Waals surface area contributed by atoms with E-state index in [9.17, 15) is 4.79 Å². The van der Waals surface area contributed by atoms with E-state index in [1.807, 2.05) is 6.07 Å². The van der Waals surface area contributed by atoms with Crippen molar-refractivity contribution in [3.8, 4) is 23.0 Å². The molecule has 8 heteroatoms. The molecule has 2 aromatic rings. The molecular formula is C20H25N3O4S. The summed E-state index contributed by atoms with van der Waals surface area (Å²) in [5, 5.41) is 11.3. The van der Waals surface area contributed by atoms with Gasteiger partial charge in [0.15, 0.2) is 11.5 Å². The smallest absolute Gasteiger partial charge is 0.277 e. The van der Waals surface area contributed by atoms with E-state index in [0.29, 0.717) is 29.2 Å². The number of nitrogens with zero attached hydrogens (tertiary/aromatic N) is 2. The molecule has 7 nitrogen and oxygen atoms in total. The Kier molecular flexibility index (Phi) is 7.36. The Morgan fingerprint density at radius 1 is 1.21 bits per heavy atom. The van der Waals surface area contributed by atoms with E-state index in [1.165, 1.54) is 36.6 Å². The lowest BCUT2D eigenvalue weighted by molar-refractivity contribution is -0.118. The van der Waals surface area contributed by atoms with Gasteiger partial charge in [0.1, 0.15) is 0 Å². The average Bonchev–Trinajstić information content (AvgIpc) is 3.21. The van der Waals surface area contributed by atoms with Crippen molar-refractivity contribution in [3.63, 3.8) is 0 Å². The molecule has 0 saturated carbocycles. The number of carbonyl (C=O) groups excluding carboxylic acids is 1. The number of hydrogen-bond acceptors (Lipinski definition) is 7. The van der Waals surface area contributed by atoms with Crippen molar-refractivity contribution >= 4 is 17.7 Å². The first-order chi connectivity index (χ1) is 13.7. The van der Waals surface area contributed by atoms with Gasteiger partial charge in [-0.15, -0.1) is 10.2 Å². The minimum Gasteiger partial charge on any atom is -0.493 e. The quantitative estimate of drug-likeness (QED) is 0.503. The lowest BCUT2D eigenvalue weighted by Gasteiger charge is -2.12. The second-order valence-corrected chi connectivity index (χ2v) is 7.37. The van der Waals surface area contributed by atoms with Gasteiger partial charge in [-0.3, -0.25) is 4.79 Å². The molecule has 0 spiro atoms. The minimum absolute atomic E-state index is 0.0349. The van der Waals surface area contributed by atoms with Gasteiger partial charge in [0.05, 0.1) is 20.0 Å². The Labute approximate surface area is 168 Å². The molecule has 0 radical (unpaired) electrons. The largest absolute Gasteiger partial charge is 0.493 e. The molecule has 0 bridgehead atoms. The van der Waals surface area contributed by atoms with Crippen LogP contribution in [-0.4, -0.2) is 42.6 Å². The van der Waals surface area contributed by atoms with Crippen LogP contribution >= 0.6 is 11.8 Å². The lowest BCUT2D eigenvalue weighted by atomic mass is 9.97. The second kappa shape index (κ2) is 10.2. The van der Waals surface area contributed by atoms with Crippen LogP contribution in [0.15, 0.2) is 39.5 Å². The predicted octanol–water partition coefficient (Wildman–Crippen LogP) is 3.85. The number of methoxy groups -OCH3 is 2. The van der Waals surface area contributed by atoms with Gasteiger partial charge >= 0.3 is 0 Å². The summed E-state index contributed by atoms with van der Waals surface area (Å²) >= 11 is 1.22. The third kappa shape index (κ3) is 5.51. The third-order valence-electron chi connectivity index (χ3n) is 4.52. The highest BCUT2D eigenvalue weighted by atomic mass is 32.2. The van der Waals surface area contributed by atoms with Crippen molar-refractivity contribution in [3.05, 3.63) is 29.8 Å². The Hall–Kier alpha value is -2.48. The number of thioether (sulfide) groups is 1. The molecule has 3 rings (SSSR count). The van der Waals surface area contributed by atoms with Crippen molar-refractivity contribution in [1.29, 1.82) is 0 Å². The zero-order valence-corrected chi connectivity index (χ0v) is 17.0. The molecule has 1 aliphatic rings. The van der Waals surface area contributed by atoms with Crippen LogP contribution in [0.3, 0.4) is 0 Å². The highest BCUT2D eigenvalue weighted by molar-refractivity contribution is 7.99. The topological polar surface area (TPSA) is 86.5 Å². The van der Waals surface area contributed by atoms with Crippen molar-refractivity contribution in [2.24, 2.45) is 0 Å². The Morgan fingerprint density at radius 3 is 2.82 bits per heavy atom. The first-order valence-electron chi connectivity index (χ1n) is 9.33. The summed E-state index contributed by atoms with van der Waals surface area (Å²) in [6.07, 6.45) is 8.10. The summed E-state index contributed by atoms with van der Waals surface area (Å²) in [4.78, 5) is 12.0. The molecule has 1 aromatic heterocycles. The average molecular weight is 404 g/mol. The molecule has 0 fully saturated rings. The molecule has 1 aromatic carbocycles. The Bertz CT molecular complexity index is 835. The number of allylic oxidation sites excluding steroid dienone is 1. The molecule has 1 aliphatic carbocycles. The summed E-state index contributed by atoms with van der Waals surface area (Å²) in [6, 6.07) is 5.36. The first-order valence-corrected chi connectivity index (χ1v) is 10.3. The molecular weight excluding hydrogens is 378 g/mol. The van der Waals surface area contributed by atoms with Gasteiger partial charge in [-0.2, -0.15) is 0 Å². The van der Waals surface area contributed by atoms with Crippen LogP contribution in [0.5, 0.6) is 11.5 Å². The van der Waals surface area contributed by atoms with Gasteiger partial charge in [-0.05, 0) is 50.3 Å². The normalized spacial score (nSPS) is 13.7. The molecule has 0 saturated heterocycles. The molecule has 1 amide bonds. The monoisotopic (exact) mass is 403 g/mol. The number of hydrogen-bond donors (Lipinski definition) is 1. The van der Waals surface area contributed by atoms with E-state index in [4.69, 9.17) is 13.9 Å². The standard InChI is InChI=1S/C20H25N3O4S/c1-25-16-9-8-15(12-17(16)26-2)19-22-23-20(27-19)28-13-18(24)21-11-10-14-6-4-3-5-7-14/h6,8-9,12H,3-5,7,10-11,13H2,1-2H3,(H,21,24). The van der Waals surface area contributed by atoms with Gasteiger partial charge in [0, 0.05) is 12.1 Å². The molecule has 1 heterocycles. The number of benzene rings is 1. The van der Waals surface area contributed by atoms with E-state index < -0.39 is 0 Å². The predicted molar refractivity (Wildman–Crippen MR) is 108 cm³/mol. The van der Waals surface area contributed by atoms with Gasteiger partial charge in [0.25, 0.3) is 5.22 Å². The number of nitrogens with one attached hydrogen (secondary N) is 1. The van der Waals surface area contributed by atoms with Gasteiger partial charge in [0.2, 0.25) is 11.8 Å². The van der Waals surface area contributed by atoms with Gasteiger partial charge in [-0.25, -0.2) is 0 Å². The van der Waals surface area contributed by atoms with Gasteiger partial charge < -0.3 is 19.2 Å². The lowest BCUT2D eigenvalue weighted by Crippen LogP contribution is -2.26. The van der Waals surface area contributed by atoms with Crippen molar-refractivity contribution in [2.75, 3.05) is 26.5 Å². The highest BCUT2D eigenvalue weighted by Crippen LogP contribution is 2.32. The Morgan fingerprint density at radius 2 is 2.07 bits per heavy atom. The highest BCUT2D eigenvalue weighted by Gasteiger charge is 2.14. The van der Waals surface area contributed by atoms with Crippen LogP contribution in [0.25, 0.3) is 11.5 Å². The third-order valence-corrected chi connectivity index (χ3v) is 5.34. The first kappa shape index (κ1) is 20.3. The van der Waals surface area contributed by atoms with Crippen molar-refractivity contribution in [2.45, 2.75) is 37.3 Å². The Balaban J connectivity index is 1.48. The number of carbonyl (C=O) groups is 1. The molecule has 150 valence electrons.